The summed E-state index contributed by atoms with van der Waals surface area (Å²) in [5, 5.41) is 0. The molecule has 1 aromatic carbocycles. The second-order valence-electron chi connectivity index (χ2n) is 4.58. The summed E-state index contributed by atoms with van der Waals surface area (Å²) < 4.78 is 26.5. The van der Waals surface area contributed by atoms with E-state index in [1.807, 2.05) is 0 Å². The van der Waals surface area contributed by atoms with Crippen molar-refractivity contribution in [2.24, 2.45) is 5.73 Å². The van der Waals surface area contributed by atoms with Gasteiger partial charge in [0.15, 0.2) is 0 Å². The molecule has 0 saturated carbocycles. The third-order valence-corrected chi connectivity index (χ3v) is 2.88. The van der Waals surface area contributed by atoms with Crippen molar-refractivity contribution in [2.45, 2.75) is 32.2 Å². The average molecular weight is 241 g/mol. The molecule has 4 heteroatoms. The maximum Gasteiger partial charge on any atom is 0.130 e. The van der Waals surface area contributed by atoms with Crippen LogP contribution in [0.4, 0.5) is 8.78 Å². The van der Waals surface area contributed by atoms with Crippen molar-refractivity contribution in [2.75, 3.05) is 6.67 Å². The van der Waals surface area contributed by atoms with Crippen LogP contribution in [0.1, 0.15) is 31.4 Å². The summed E-state index contributed by atoms with van der Waals surface area (Å²) in [6.07, 6.45) is 0.0416. The predicted octanol–water partition coefficient (Wildman–Crippen LogP) is 2.49. The zero-order valence-electron chi connectivity index (χ0n) is 10.1. The molecule has 2 N–H and O–H groups in total. The van der Waals surface area contributed by atoms with Crippen LogP contribution in [-0.4, -0.2) is 12.5 Å². The largest absolute Gasteiger partial charge is 0.326 e. The molecule has 0 radical (unpaired) electrons. The maximum atomic E-state index is 13.2. The van der Waals surface area contributed by atoms with Gasteiger partial charge in [0.2, 0.25) is 0 Å². The second-order valence-corrected chi connectivity index (χ2v) is 4.58. The smallest absolute Gasteiger partial charge is 0.130 e. The van der Waals surface area contributed by atoms with E-state index in [2.05, 4.69) is 0 Å². The van der Waals surface area contributed by atoms with Gasteiger partial charge in [0.05, 0.1) is 6.67 Å². The molecule has 0 aromatic heterocycles. The molecule has 0 amide bonds. The number of ketones is 1. The van der Waals surface area contributed by atoms with Crippen LogP contribution in [0.25, 0.3) is 0 Å². The predicted molar refractivity (Wildman–Crippen MR) is 62.9 cm³/mol. The Morgan fingerprint density at radius 1 is 1.47 bits per heavy atom. The summed E-state index contributed by atoms with van der Waals surface area (Å²) in [5.41, 5.74) is 5.71. The lowest BCUT2D eigenvalue weighted by atomic mass is 9.77. The molecule has 0 spiro atoms. The molecule has 2 nitrogen and oxygen atoms in total. The van der Waals surface area contributed by atoms with E-state index in [4.69, 9.17) is 5.73 Å². The van der Waals surface area contributed by atoms with E-state index in [1.165, 1.54) is 19.1 Å². The maximum absolute atomic E-state index is 13.2. The summed E-state index contributed by atoms with van der Waals surface area (Å²) in [6.45, 7) is 2.49. The van der Waals surface area contributed by atoms with Crippen LogP contribution in [0.5, 0.6) is 0 Å². The van der Waals surface area contributed by atoms with Crippen LogP contribution >= 0.6 is 0 Å². The van der Waals surface area contributed by atoms with Gasteiger partial charge in [-0.3, -0.25) is 9.18 Å². The lowest BCUT2D eigenvalue weighted by Crippen LogP contribution is -2.29. The topological polar surface area (TPSA) is 43.1 Å². The molecule has 0 aliphatic rings. The molecule has 94 valence electrons. The van der Waals surface area contributed by atoms with E-state index < -0.39 is 17.9 Å². The monoisotopic (exact) mass is 241 g/mol. The standard InChI is InChI=1S/C13H17F2NO/c1-9(17)6-13(2,8-14)12-5-11(15)4-3-10(12)7-16/h3-5H,6-8,16H2,1-2H3. The second kappa shape index (κ2) is 5.36. The summed E-state index contributed by atoms with van der Waals surface area (Å²) in [6, 6.07) is 4.10. The minimum atomic E-state index is -0.997. The van der Waals surface area contributed by atoms with E-state index in [0.717, 1.165) is 0 Å². The van der Waals surface area contributed by atoms with Crippen LogP contribution in [0, 0.1) is 5.82 Å². The van der Waals surface area contributed by atoms with Crippen LogP contribution in [0.2, 0.25) is 0 Å². The van der Waals surface area contributed by atoms with E-state index >= 15 is 0 Å². The normalized spacial score (nSPS) is 14.4. The van der Waals surface area contributed by atoms with Gasteiger partial charge in [0, 0.05) is 18.4 Å². The Labute approximate surface area is 99.8 Å². The zero-order valence-corrected chi connectivity index (χ0v) is 10.1. The first-order chi connectivity index (χ1) is 7.92. The molecule has 1 aromatic rings. The zero-order chi connectivity index (χ0) is 13.1. The number of carbonyl (C=O) groups excluding carboxylic acids is 1. The van der Waals surface area contributed by atoms with Crippen molar-refractivity contribution in [1.29, 1.82) is 0 Å². The van der Waals surface area contributed by atoms with E-state index in [-0.39, 0.29) is 18.7 Å². The lowest BCUT2D eigenvalue weighted by Gasteiger charge is -2.28. The van der Waals surface area contributed by atoms with Gasteiger partial charge >= 0.3 is 0 Å². The Morgan fingerprint density at radius 3 is 2.59 bits per heavy atom. The molecule has 0 heterocycles. The van der Waals surface area contributed by atoms with Gasteiger partial charge in [-0.25, -0.2) is 4.39 Å². The Hall–Kier alpha value is -1.29. The molecule has 0 fully saturated rings. The minimum Gasteiger partial charge on any atom is -0.326 e. The number of halogens is 2. The minimum absolute atomic E-state index is 0.0416. The summed E-state index contributed by atoms with van der Waals surface area (Å²) in [7, 11) is 0. The Balaban J connectivity index is 3.26. The molecule has 0 saturated heterocycles. The number of hydrogen-bond acceptors (Lipinski definition) is 2. The van der Waals surface area contributed by atoms with Crippen LogP contribution in [0.3, 0.4) is 0 Å². The Morgan fingerprint density at radius 2 is 2.12 bits per heavy atom. The van der Waals surface area contributed by atoms with Crippen molar-refractivity contribution in [3.63, 3.8) is 0 Å². The lowest BCUT2D eigenvalue weighted by molar-refractivity contribution is -0.118. The highest BCUT2D eigenvalue weighted by molar-refractivity contribution is 5.77. The fraction of sp³-hybridized carbons (Fsp3) is 0.462. The highest BCUT2D eigenvalue weighted by atomic mass is 19.1. The SMILES string of the molecule is CC(=O)CC(C)(CF)c1cc(F)ccc1CN. The number of Topliss-reactive ketones (excluding diaryl/α,β-unsaturated/α-hetero) is 1. The molecule has 0 aliphatic carbocycles. The number of alkyl halides is 1. The van der Waals surface area contributed by atoms with Gasteiger partial charge in [-0.2, -0.15) is 0 Å². The summed E-state index contributed by atoms with van der Waals surface area (Å²) >= 11 is 0. The summed E-state index contributed by atoms with van der Waals surface area (Å²) in [4.78, 5) is 11.2. The third-order valence-electron chi connectivity index (χ3n) is 2.88. The first kappa shape index (κ1) is 13.8. The molecule has 0 bridgehead atoms. The van der Waals surface area contributed by atoms with Crippen molar-refractivity contribution in [1.82, 2.24) is 0 Å². The van der Waals surface area contributed by atoms with Gasteiger partial charge in [0.1, 0.15) is 11.6 Å². The van der Waals surface area contributed by atoms with E-state index in [0.29, 0.717) is 11.1 Å². The van der Waals surface area contributed by atoms with Gasteiger partial charge in [-0.15, -0.1) is 0 Å². The van der Waals surface area contributed by atoms with Gasteiger partial charge in [-0.1, -0.05) is 13.0 Å². The number of carbonyl (C=O) groups is 1. The fourth-order valence-corrected chi connectivity index (χ4v) is 2.05. The quantitative estimate of drug-likeness (QED) is 0.860. The molecule has 1 atom stereocenters. The first-order valence-electron chi connectivity index (χ1n) is 5.47. The highest BCUT2D eigenvalue weighted by Gasteiger charge is 2.30. The number of rotatable bonds is 5. The van der Waals surface area contributed by atoms with Gasteiger partial charge < -0.3 is 5.73 Å². The van der Waals surface area contributed by atoms with Gasteiger partial charge in [0.25, 0.3) is 0 Å². The number of hydrogen-bond donors (Lipinski definition) is 1. The van der Waals surface area contributed by atoms with Gasteiger partial charge in [-0.05, 0) is 30.2 Å². The van der Waals surface area contributed by atoms with Crippen LogP contribution in [0.15, 0.2) is 18.2 Å². The third kappa shape index (κ3) is 3.09. The van der Waals surface area contributed by atoms with E-state index in [1.54, 1.807) is 13.0 Å². The molecule has 1 unspecified atom stereocenters. The average Bonchev–Trinajstić information content (AvgIpc) is 2.28. The Bertz CT molecular complexity index is 420. The molecular formula is C13H17F2NO. The number of benzene rings is 1. The van der Waals surface area contributed by atoms with Crippen molar-refractivity contribution < 1.29 is 13.6 Å². The highest BCUT2D eigenvalue weighted by Crippen LogP contribution is 2.31. The summed E-state index contributed by atoms with van der Waals surface area (Å²) in [5.74, 6) is -0.571. The molecular weight excluding hydrogens is 224 g/mol. The molecule has 0 aliphatic heterocycles. The first-order valence-corrected chi connectivity index (χ1v) is 5.47. The van der Waals surface area contributed by atoms with Crippen molar-refractivity contribution in [3.8, 4) is 0 Å². The van der Waals surface area contributed by atoms with Crippen LogP contribution in [-0.2, 0) is 16.8 Å². The van der Waals surface area contributed by atoms with E-state index in [9.17, 15) is 13.6 Å². The van der Waals surface area contributed by atoms with Crippen LogP contribution < -0.4 is 5.73 Å². The number of nitrogens with two attached hydrogens (primary N) is 1. The molecule has 17 heavy (non-hydrogen) atoms. The molecule has 1 rings (SSSR count). The van der Waals surface area contributed by atoms with Crippen molar-refractivity contribution >= 4 is 5.78 Å². The fourth-order valence-electron chi connectivity index (χ4n) is 2.05. The van der Waals surface area contributed by atoms with Crippen molar-refractivity contribution in [3.05, 3.63) is 35.1 Å². The Kier molecular flexibility index (Phi) is 4.34.